The summed E-state index contributed by atoms with van der Waals surface area (Å²) in [6, 6.07) is 2.39. The molecule has 2 heterocycles. The maximum atomic E-state index is 14.8. The van der Waals surface area contributed by atoms with E-state index in [0.29, 0.717) is 32.1 Å². The predicted octanol–water partition coefficient (Wildman–Crippen LogP) is 5.21. The fraction of sp³-hybridized carbons (Fsp3) is 0.400. The minimum atomic E-state index is -4.95. The van der Waals surface area contributed by atoms with Crippen LogP contribution in [0.2, 0.25) is 0 Å². The van der Waals surface area contributed by atoms with E-state index in [1.807, 2.05) is 4.90 Å². The first kappa shape index (κ1) is 25.8. The molecule has 0 radical (unpaired) electrons. The zero-order valence-corrected chi connectivity index (χ0v) is 18.6. The van der Waals surface area contributed by atoms with Crippen LogP contribution in [0.3, 0.4) is 0 Å². The molecule has 4 nitrogen and oxygen atoms in total. The molecule has 3 atom stereocenters. The highest BCUT2D eigenvalue weighted by Crippen LogP contribution is 2.41. The molecule has 4 rings (SSSR count). The molecule has 2 unspecified atom stereocenters. The van der Waals surface area contributed by atoms with E-state index in [2.05, 4.69) is 11.8 Å². The molecule has 1 aromatic rings. The van der Waals surface area contributed by atoms with Gasteiger partial charge >= 0.3 is 18.3 Å². The summed E-state index contributed by atoms with van der Waals surface area (Å²) in [5.74, 6) is -1.18. The topological polar surface area (TPSA) is 49.8 Å². The molecule has 36 heavy (non-hydrogen) atoms. The molecule has 1 saturated heterocycles. The summed E-state index contributed by atoms with van der Waals surface area (Å²) in [6.45, 7) is 1.49. The Bertz CT molecular complexity index is 1200. The number of nitrogens with zero attached hydrogens (tertiary/aromatic N) is 1. The minimum absolute atomic E-state index is 0.0202. The van der Waals surface area contributed by atoms with Gasteiger partial charge in [-0.15, -0.1) is 0 Å². The van der Waals surface area contributed by atoms with Gasteiger partial charge in [0.1, 0.15) is 18.2 Å². The third kappa shape index (κ3) is 5.75. The van der Waals surface area contributed by atoms with Gasteiger partial charge in [-0.25, -0.2) is 4.39 Å². The molecule has 1 N–H and O–H groups in total. The molecule has 11 heteroatoms. The molecule has 2 aliphatic heterocycles. The van der Waals surface area contributed by atoms with Gasteiger partial charge < -0.3 is 9.84 Å². The number of hydrogen-bond acceptors (Lipinski definition) is 3. The van der Waals surface area contributed by atoms with Crippen molar-refractivity contribution in [1.82, 2.24) is 4.90 Å². The number of likely N-dealkylation sites (tertiary alicyclic amines) is 1. The first-order valence-electron chi connectivity index (χ1n) is 11.0. The van der Waals surface area contributed by atoms with Gasteiger partial charge in [0.25, 0.3) is 0 Å². The van der Waals surface area contributed by atoms with Crippen molar-refractivity contribution in [2.45, 2.75) is 18.8 Å². The van der Waals surface area contributed by atoms with E-state index < -0.39 is 47.5 Å². The molecule has 1 fully saturated rings. The molecular formula is C25H20F7NO3. The summed E-state index contributed by atoms with van der Waals surface area (Å²) in [6.07, 6.45) is -6.34. The second-order valence-electron chi connectivity index (χ2n) is 8.86. The van der Waals surface area contributed by atoms with E-state index in [9.17, 15) is 35.5 Å². The van der Waals surface area contributed by atoms with Crippen molar-refractivity contribution in [2.24, 2.45) is 17.8 Å². The minimum Gasteiger partial charge on any atom is -0.488 e. The van der Waals surface area contributed by atoms with Gasteiger partial charge in [-0.3, -0.25) is 9.69 Å². The van der Waals surface area contributed by atoms with Crippen LogP contribution in [0.5, 0.6) is 5.75 Å². The number of rotatable bonds is 3. The van der Waals surface area contributed by atoms with E-state index in [4.69, 9.17) is 9.84 Å². The summed E-state index contributed by atoms with van der Waals surface area (Å²) in [4.78, 5) is 13.1. The fourth-order valence-electron chi connectivity index (χ4n) is 4.37. The molecule has 0 bridgehead atoms. The third-order valence-electron chi connectivity index (χ3n) is 6.22. The number of benzene rings is 1. The molecular weight excluding hydrogens is 495 g/mol. The average Bonchev–Trinajstić information content (AvgIpc) is 3.25. The van der Waals surface area contributed by atoms with Gasteiger partial charge in [-0.1, -0.05) is 30.1 Å². The number of carboxylic acids is 1. The predicted molar refractivity (Wildman–Crippen MR) is 115 cm³/mol. The standard InChI is InChI=1S/C25H20F7NO3/c26-21-8-14(1-2-16-3-4-18(24(27,28)29)10-20(16)25(30,31)32)9-22-19(21)7-15(13-36-22)11-33-6-5-17(12-33)23(34)35/h3-4,7-10,16-17,20H,5-6,11-13H2,(H,34,35)/t16?,17?,20-/m0/s1. The average molecular weight is 515 g/mol. The number of ether oxygens (including phenoxy) is 1. The van der Waals surface area contributed by atoms with Gasteiger partial charge in [-0.05, 0) is 36.7 Å². The van der Waals surface area contributed by atoms with Crippen LogP contribution in [-0.4, -0.2) is 54.6 Å². The van der Waals surface area contributed by atoms with Crippen molar-refractivity contribution < 1.29 is 45.4 Å². The van der Waals surface area contributed by atoms with Crippen LogP contribution >= 0.6 is 0 Å². The van der Waals surface area contributed by atoms with Crippen molar-refractivity contribution in [2.75, 3.05) is 26.2 Å². The van der Waals surface area contributed by atoms with Gasteiger partial charge in [0, 0.05) is 18.7 Å². The van der Waals surface area contributed by atoms with E-state index >= 15 is 0 Å². The van der Waals surface area contributed by atoms with E-state index in [-0.39, 0.29) is 29.6 Å². The Balaban J connectivity index is 1.52. The smallest absolute Gasteiger partial charge is 0.416 e. The Hall–Kier alpha value is -3.26. The zero-order valence-electron chi connectivity index (χ0n) is 18.6. The van der Waals surface area contributed by atoms with Gasteiger partial charge in [-0.2, -0.15) is 26.3 Å². The maximum absolute atomic E-state index is 14.8. The van der Waals surface area contributed by atoms with Crippen molar-refractivity contribution >= 4 is 12.0 Å². The monoisotopic (exact) mass is 515 g/mol. The molecule has 192 valence electrons. The summed E-state index contributed by atoms with van der Waals surface area (Å²) in [5, 5.41) is 9.12. The first-order valence-corrected chi connectivity index (χ1v) is 11.0. The third-order valence-corrected chi connectivity index (χ3v) is 6.22. The van der Waals surface area contributed by atoms with Gasteiger partial charge in [0.2, 0.25) is 0 Å². The normalized spacial score (nSPS) is 24.2. The lowest BCUT2D eigenvalue weighted by Crippen LogP contribution is -2.30. The summed E-state index contributed by atoms with van der Waals surface area (Å²) in [5.41, 5.74) is -0.504. The highest BCUT2D eigenvalue weighted by molar-refractivity contribution is 5.70. The van der Waals surface area contributed by atoms with Crippen LogP contribution < -0.4 is 4.74 Å². The molecule has 1 aliphatic carbocycles. The van der Waals surface area contributed by atoms with E-state index in [1.165, 1.54) is 6.07 Å². The lowest BCUT2D eigenvalue weighted by atomic mass is 9.85. The number of carbonyl (C=O) groups is 1. The Morgan fingerprint density at radius 3 is 2.58 bits per heavy atom. The SMILES string of the molecule is O=C(O)C1CCN(CC2=Cc3c(F)cc(C#CC4C=CC(C(F)(F)F)=C[C@@H]4C(F)(F)F)cc3OC2)C1. The van der Waals surface area contributed by atoms with Crippen LogP contribution in [0.4, 0.5) is 30.7 Å². The maximum Gasteiger partial charge on any atom is 0.416 e. The number of aliphatic carboxylic acids is 1. The largest absolute Gasteiger partial charge is 0.488 e. The van der Waals surface area contributed by atoms with Crippen molar-refractivity contribution in [1.29, 1.82) is 0 Å². The number of allylic oxidation sites excluding steroid dienone is 4. The molecule has 0 aromatic heterocycles. The Labute approximate surface area is 201 Å². The molecule has 0 saturated carbocycles. The van der Waals surface area contributed by atoms with Crippen LogP contribution in [0.15, 0.2) is 41.5 Å². The van der Waals surface area contributed by atoms with Gasteiger partial charge in [0.05, 0.1) is 28.9 Å². The Morgan fingerprint density at radius 1 is 1.19 bits per heavy atom. The summed E-state index contributed by atoms with van der Waals surface area (Å²) in [7, 11) is 0. The number of hydrogen-bond donors (Lipinski definition) is 1. The number of halogens is 7. The fourth-order valence-corrected chi connectivity index (χ4v) is 4.37. The van der Waals surface area contributed by atoms with Crippen LogP contribution in [-0.2, 0) is 4.79 Å². The molecule has 1 aromatic carbocycles. The number of alkyl halides is 6. The van der Waals surface area contributed by atoms with Crippen molar-refractivity contribution in [3.05, 3.63) is 58.5 Å². The Morgan fingerprint density at radius 2 is 1.94 bits per heavy atom. The van der Waals surface area contributed by atoms with Crippen LogP contribution in [0.25, 0.3) is 6.08 Å². The summed E-state index contributed by atoms with van der Waals surface area (Å²) < 4.78 is 99.1. The van der Waals surface area contributed by atoms with Crippen LogP contribution in [0.1, 0.15) is 17.5 Å². The first-order chi connectivity index (χ1) is 16.8. The lowest BCUT2D eigenvalue weighted by Gasteiger charge is -2.25. The quantitative estimate of drug-likeness (QED) is 0.444. The number of fused-ring (bicyclic) bond motifs is 1. The van der Waals surface area contributed by atoms with Gasteiger partial charge in [0.15, 0.2) is 0 Å². The summed E-state index contributed by atoms with van der Waals surface area (Å²) >= 11 is 0. The molecule has 0 spiro atoms. The van der Waals surface area contributed by atoms with E-state index in [1.54, 1.807) is 6.08 Å². The Kier molecular flexibility index (Phi) is 6.92. The van der Waals surface area contributed by atoms with Crippen LogP contribution in [0, 0.1) is 35.4 Å². The lowest BCUT2D eigenvalue weighted by molar-refractivity contribution is -0.167. The highest BCUT2D eigenvalue weighted by atomic mass is 19.4. The van der Waals surface area contributed by atoms with Crippen molar-refractivity contribution in [3.8, 4) is 17.6 Å². The highest BCUT2D eigenvalue weighted by Gasteiger charge is 2.46. The number of carboxylic acid groups (broad SMARTS) is 1. The zero-order chi connectivity index (χ0) is 26.3. The van der Waals surface area contributed by atoms with Crippen molar-refractivity contribution in [3.63, 3.8) is 0 Å². The second-order valence-corrected chi connectivity index (χ2v) is 8.86. The molecule has 3 aliphatic rings. The second kappa shape index (κ2) is 9.65. The molecule has 0 amide bonds. The van der Waals surface area contributed by atoms with E-state index in [0.717, 1.165) is 17.7 Å².